The first kappa shape index (κ1) is 17.9. The van der Waals surface area contributed by atoms with Gasteiger partial charge >= 0.3 is 5.97 Å². The van der Waals surface area contributed by atoms with Gasteiger partial charge in [0.25, 0.3) is 0 Å². The summed E-state index contributed by atoms with van der Waals surface area (Å²) in [6, 6.07) is 9.70. The van der Waals surface area contributed by atoms with E-state index < -0.39 is 0 Å². The van der Waals surface area contributed by atoms with Crippen LogP contribution in [0.4, 0.5) is 10.7 Å². The Bertz CT molecular complexity index is 771. The minimum Gasteiger partial charge on any atom is -0.462 e. The molecule has 1 aliphatic rings. The summed E-state index contributed by atoms with van der Waals surface area (Å²) in [6.07, 6.45) is 5.32. The Kier molecular flexibility index (Phi) is 5.71. The summed E-state index contributed by atoms with van der Waals surface area (Å²) in [6.45, 7) is 2.17. The number of benzene rings is 1. The molecule has 1 aromatic heterocycles. The number of carbonyl (C=O) groups is 1. The Morgan fingerprint density at radius 3 is 2.64 bits per heavy atom. The lowest BCUT2D eigenvalue weighted by molar-refractivity contribution is 0.0526. The van der Waals surface area contributed by atoms with Crippen LogP contribution in [0.3, 0.4) is 0 Å². The number of para-hydroxylation sites is 1. The molecule has 0 spiro atoms. The van der Waals surface area contributed by atoms with Crippen LogP contribution in [0.25, 0.3) is 0 Å². The fourth-order valence-electron chi connectivity index (χ4n) is 3.22. The van der Waals surface area contributed by atoms with Gasteiger partial charge in [0, 0.05) is 10.6 Å². The molecular formula is C19H22N2O2S2. The molecule has 0 amide bonds. The number of thiocarbonyl (C=S) groups is 1. The van der Waals surface area contributed by atoms with Crippen LogP contribution in [0.2, 0.25) is 0 Å². The van der Waals surface area contributed by atoms with Crippen LogP contribution >= 0.6 is 23.6 Å². The van der Waals surface area contributed by atoms with E-state index in [4.69, 9.17) is 22.7 Å². The zero-order chi connectivity index (χ0) is 17.8. The number of nitrogens with zero attached hydrogens (tertiary/aromatic N) is 1. The molecule has 0 fully saturated rings. The third-order valence-corrected chi connectivity index (χ3v) is 5.78. The van der Waals surface area contributed by atoms with E-state index in [2.05, 4.69) is 0 Å². The van der Waals surface area contributed by atoms with E-state index in [1.54, 1.807) is 16.2 Å². The van der Waals surface area contributed by atoms with Crippen molar-refractivity contribution in [2.75, 3.05) is 11.5 Å². The number of hydrogen-bond donors (Lipinski definition) is 1. The number of anilines is 2. The van der Waals surface area contributed by atoms with Gasteiger partial charge in [0.2, 0.25) is 0 Å². The molecule has 1 heterocycles. The summed E-state index contributed by atoms with van der Waals surface area (Å²) in [4.78, 5) is 15.8. The highest BCUT2D eigenvalue weighted by molar-refractivity contribution is 7.80. The summed E-state index contributed by atoms with van der Waals surface area (Å²) >= 11 is 6.94. The quantitative estimate of drug-likeness (QED) is 0.482. The molecule has 1 aliphatic carbocycles. The smallest absolute Gasteiger partial charge is 0.341 e. The van der Waals surface area contributed by atoms with Gasteiger partial charge in [0.1, 0.15) is 5.00 Å². The monoisotopic (exact) mass is 374 g/mol. The molecule has 3 rings (SSSR count). The van der Waals surface area contributed by atoms with Gasteiger partial charge in [0.15, 0.2) is 5.11 Å². The van der Waals surface area contributed by atoms with E-state index in [-0.39, 0.29) is 11.1 Å². The molecule has 25 heavy (non-hydrogen) atoms. The van der Waals surface area contributed by atoms with Gasteiger partial charge in [0.05, 0.1) is 12.2 Å². The van der Waals surface area contributed by atoms with Crippen LogP contribution in [-0.2, 0) is 17.6 Å². The van der Waals surface area contributed by atoms with Gasteiger partial charge in [-0.1, -0.05) is 24.6 Å². The van der Waals surface area contributed by atoms with Crippen molar-refractivity contribution in [1.29, 1.82) is 0 Å². The molecule has 0 saturated carbocycles. The van der Waals surface area contributed by atoms with Gasteiger partial charge in [-0.2, -0.15) is 0 Å². The van der Waals surface area contributed by atoms with Crippen LogP contribution in [0, 0.1) is 0 Å². The van der Waals surface area contributed by atoms with E-state index in [9.17, 15) is 4.79 Å². The standard InChI is InChI=1S/C19H22N2O2S2/c1-2-23-18(22)16-14-11-7-4-8-12-15(14)25-17(16)21(19(20)24)13-9-5-3-6-10-13/h3,5-6,9-10H,2,4,7-8,11-12H2,1H3,(H2,20,24). The zero-order valence-electron chi connectivity index (χ0n) is 14.3. The molecule has 1 aromatic carbocycles. The molecule has 132 valence electrons. The van der Waals surface area contributed by atoms with Crippen molar-refractivity contribution in [1.82, 2.24) is 0 Å². The predicted molar refractivity (Wildman–Crippen MR) is 107 cm³/mol. The second-order valence-electron chi connectivity index (χ2n) is 5.97. The van der Waals surface area contributed by atoms with Gasteiger partial charge in [-0.05, 0) is 62.5 Å². The molecule has 4 nitrogen and oxygen atoms in total. The Balaban J connectivity index is 2.16. The van der Waals surface area contributed by atoms with E-state index >= 15 is 0 Å². The predicted octanol–water partition coefficient (Wildman–Crippen LogP) is 4.58. The minimum atomic E-state index is -0.283. The highest BCUT2D eigenvalue weighted by Crippen LogP contribution is 2.42. The van der Waals surface area contributed by atoms with E-state index in [1.165, 1.54) is 11.3 Å². The van der Waals surface area contributed by atoms with Crippen molar-refractivity contribution in [3.63, 3.8) is 0 Å². The first-order valence-electron chi connectivity index (χ1n) is 8.59. The second-order valence-corrected chi connectivity index (χ2v) is 7.48. The van der Waals surface area contributed by atoms with Gasteiger partial charge in [-0.3, -0.25) is 4.90 Å². The number of ether oxygens (including phenoxy) is 1. The van der Waals surface area contributed by atoms with E-state index in [0.717, 1.165) is 41.9 Å². The average molecular weight is 375 g/mol. The maximum atomic E-state index is 12.7. The summed E-state index contributed by atoms with van der Waals surface area (Å²) in [7, 11) is 0. The molecule has 2 N–H and O–H groups in total. The summed E-state index contributed by atoms with van der Waals surface area (Å²) < 4.78 is 5.36. The van der Waals surface area contributed by atoms with E-state index in [0.29, 0.717) is 12.2 Å². The number of rotatable bonds is 4. The lowest BCUT2D eigenvalue weighted by Gasteiger charge is -2.22. The molecular weight excluding hydrogens is 352 g/mol. The number of esters is 1. The second kappa shape index (κ2) is 7.97. The first-order chi connectivity index (χ1) is 12.1. The molecule has 0 atom stereocenters. The summed E-state index contributed by atoms with van der Waals surface area (Å²) in [5.41, 5.74) is 8.66. The van der Waals surface area contributed by atoms with E-state index in [1.807, 2.05) is 37.3 Å². The third kappa shape index (κ3) is 3.70. The fraction of sp³-hybridized carbons (Fsp3) is 0.368. The number of carbonyl (C=O) groups excluding carboxylic acids is 1. The first-order valence-corrected chi connectivity index (χ1v) is 9.82. The lowest BCUT2D eigenvalue weighted by Crippen LogP contribution is -2.31. The number of hydrogen-bond acceptors (Lipinski definition) is 4. The van der Waals surface area contributed by atoms with Crippen molar-refractivity contribution in [3.8, 4) is 0 Å². The van der Waals surface area contributed by atoms with Crippen LogP contribution in [0.5, 0.6) is 0 Å². The number of aryl methyl sites for hydroxylation is 1. The summed E-state index contributed by atoms with van der Waals surface area (Å²) in [5, 5.41) is 1.01. The van der Waals surface area contributed by atoms with Crippen LogP contribution in [-0.4, -0.2) is 17.7 Å². The SMILES string of the molecule is CCOC(=O)c1c(N(C(N)=S)c2ccccc2)sc2c1CCCCC2. The Labute approximate surface area is 157 Å². The largest absolute Gasteiger partial charge is 0.462 e. The molecule has 0 radical (unpaired) electrons. The number of nitrogens with two attached hydrogens (primary N) is 1. The fourth-order valence-corrected chi connectivity index (χ4v) is 4.89. The maximum absolute atomic E-state index is 12.7. The van der Waals surface area contributed by atoms with Crippen LogP contribution in [0.15, 0.2) is 30.3 Å². The molecule has 0 saturated heterocycles. The molecule has 0 bridgehead atoms. The molecule has 2 aromatic rings. The van der Waals surface area contributed by atoms with Crippen molar-refractivity contribution in [2.24, 2.45) is 5.73 Å². The van der Waals surface area contributed by atoms with Gasteiger partial charge in [-0.25, -0.2) is 4.79 Å². The van der Waals surface area contributed by atoms with Crippen molar-refractivity contribution in [3.05, 3.63) is 46.3 Å². The van der Waals surface area contributed by atoms with Crippen LogP contribution < -0.4 is 10.6 Å². The molecule has 0 aliphatic heterocycles. The molecule has 0 unspecified atom stereocenters. The highest BCUT2D eigenvalue weighted by Gasteiger charge is 2.30. The number of thiophene rings is 1. The average Bonchev–Trinajstić information content (AvgIpc) is 2.78. The van der Waals surface area contributed by atoms with Crippen molar-refractivity contribution < 1.29 is 9.53 Å². The lowest BCUT2D eigenvalue weighted by atomic mass is 10.1. The summed E-state index contributed by atoms with van der Waals surface area (Å²) in [5.74, 6) is -0.283. The van der Waals surface area contributed by atoms with Gasteiger partial charge in [-0.15, -0.1) is 11.3 Å². The van der Waals surface area contributed by atoms with Crippen molar-refractivity contribution >= 4 is 45.3 Å². The molecule has 6 heteroatoms. The Hall–Kier alpha value is -1.92. The minimum absolute atomic E-state index is 0.230. The topological polar surface area (TPSA) is 55.6 Å². The van der Waals surface area contributed by atoms with Crippen molar-refractivity contribution in [2.45, 2.75) is 39.0 Å². The highest BCUT2D eigenvalue weighted by atomic mass is 32.1. The van der Waals surface area contributed by atoms with Gasteiger partial charge < -0.3 is 10.5 Å². The third-order valence-electron chi connectivity index (χ3n) is 4.32. The Morgan fingerprint density at radius 2 is 1.96 bits per heavy atom. The Morgan fingerprint density at radius 1 is 1.24 bits per heavy atom. The normalized spacial score (nSPS) is 13.6. The van der Waals surface area contributed by atoms with Crippen LogP contribution in [0.1, 0.15) is 47.0 Å². The number of fused-ring (bicyclic) bond motifs is 1. The maximum Gasteiger partial charge on any atom is 0.341 e. The zero-order valence-corrected chi connectivity index (χ0v) is 15.9.